The zero-order valence-corrected chi connectivity index (χ0v) is 13.8. The lowest BCUT2D eigenvalue weighted by molar-refractivity contribution is -0.141. The molecule has 1 aromatic rings. The van der Waals surface area contributed by atoms with Crippen LogP contribution in [0.3, 0.4) is 0 Å². The fourth-order valence-corrected chi connectivity index (χ4v) is 2.57. The van der Waals surface area contributed by atoms with Crippen LogP contribution < -0.4 is 9.64 Å². The molecule has 2 rings (SSSR count). The Balaban J connectivity index is 2.52. The van der Waals surface area contributed by atoms with Gasteiger partial charge >= 0.3 is 5.97 Å². The van der Waals surface area contributed by atoms with E-state index in [9.17, 15) is 9.59 Å². The molecule has 1 aliphatic rings. The van der Waals surface area contributed by atoms with E-state index in [-0.39, 0.29) is 24.3 Å². The molecule has 0 aromatic heterocycles. The Morgan fingerprint density at radius 3 is 2.55 bits per heavy atom. The Morgan fingerprint density at radius 2 is 2.00 bits per heavy atom. The van der Waals surface area contributed by atoms with Crippen molar-refractivity contribution in [2.75, 3.05) is 18.6 Å². The number of hydrogen-bond donors (Lipinski definition) is 0. The van der Waals surface area contributed by atoms with E-state index in [1.54, 1.807) is 6.07 Å². The van der Waals surface area contributed by atoms with Gasteiger partial charge in [-0.25, -0.2) is 0 Å². The Bertz CT molecular complexity index is 580. The quantitative estimate of drug-likeness (QED) is 0.803. The molecule has 0 bridgehead atoms. The molecule has 0 spiro atoms. The number of rotatable bonds is 4. The van der Waals surface area contributed by atoms with Crippen LogP contribution in [0.4, 0.5) is 5.69 Å². The highest BCUT2D eigenvalue weighted by atomic mass is 16.5. The van der Waals surface area contributed by atoms with Gasteiger partial charge in [-0.05, 0) is 23.5 Å². The van der Waals surface area contributed by atoms with Crippen molar-refractivity contribution in [1.82, 2.24) is 0 Å². The summed E-state index contributed by atoms with van der Waals surface area (Å²) in [6, 6.07) is 5.68. The molecule has 1 atom stereocenters. The first-order chi connectivity index (χ1) is 10.4. The van der Waals surface area contributed by atoms with Crippen molar-refractivity contribution in [3.63, 3.8) is 0 Å². The minimum Gasteiger partial charge on any atom is -0.478 e. The third kappa shape index (κ3) is 2.93. The number of amides is 1. The number of methoxy groups -OCH3 is 1. The molecule has 120 valence electrons. The monoisotopic (exact) mass is 305 g/mol. The molecule has 0 saturated heterocycles. The van der Waals surface area contributed by atoms with Gasteiger partial charge in [0.05, 0.1) is 12.8 Å². The summed E-state index contributed by atoms with van der Waals surface area (Å²) in [6.07, 6.45) is -0.586. The normalized spacial score (nSPS) is 17.5. The maximum Gasteiger partial charge on any atom is 0.325 e. The summed E-state index contributed by atoms with van der Waals surface area (Å²) in [7, 11) is 1.32. The molecule has 22 heavy (non-hydrogen) atoms. The molecule has 5 heteroatoms. The summed E-state index contributed by atoms with van der Waals surface area (Å²) in [5, 5.41) is 0. The molecule has 1 amide bonds. The molecule has 0 aliphatic carbocycles. The predicted octanol–water partition coefficient (Wildman–Crippen LogP) is 2.73. The van der Waals surface area contributed by atoms with Crippen LogP contribution in [0.5, 0.6) is 5.75 Å². The third-order valence-electron chi connectivity index (χ3n) is 3.81. The van der Waals surface area contributed by atoms with Crippen molar-refractivity contribution in [3.8, 4) is 5.75 Å². The van der Waals surface area contributed by atoms with E-state index in [2.05, 4.69) is 13.8 Å². The van der Waals surface area contributed by atoms with Crippen LogP contribution >= 0.6 is 0 Å². The largest absolute Gasteiger partial charge is 0.478 e. The van der Waals surface area contributed by atoms with Crippen molar-refractivity contribution in [2.45, 2.75) is 39.7 Å². The molecular formula is C17H23NO4. The summed E-state index contributed by atoms with van der Waals surface area (Å²) < 4.78 is 10.7. The van der Waals surface area contributed by atoms with Gasteiger partial charge in [0, 0.05) is 0 Å². The highest BCUT2D eigenvalue weighted by Crippen LogP contribution is 2.41. The molecule has 0 N–H and O–H groups in total. The second-order valence-corrected chi connectivity index (χ2v) is 6.13. The number of nitrogens with zero attached hydrogens (tertiary/aromatic N) is 1. The van der Waals surface area contributed by atoms with Gasteiger partial charge in [0.1, 0.15) is 12.3 Å². The highest BCUT2D eigenvalue weighted by Gasteiger charge is 2.38. The highest BCUT2D eigenvalue weighted by molar-refractivity contribution is 6.03. The lowest BCUT2D eigenvalue weighted by atomic mass is 9.97. The van der Waals surface area contributed by atoms with Crippen molar-refractivity contribution in [3.05, 3.63) is 23.8 Å². The van der Waals surface area contributed by atoms with E-state index in [0.29, 0.717) is 11.4 Å². The summed E-state index contributed by atoms with van der Waals surface area (Å²) in [5.41, 5.74) is 1.67. The van der Waals surface area contributed by atoms with E-state index in [1.165, 1.54) is 12.0 Å². The average molecular weight is 305 g/mol. The van der Waals surface area contributed by atoms with Gasteiger partial charge in [-0.1, -0.05) is 39.8 Å². The van der Waals surface area contributed by atoms with E-state index in [1.807, 2.05) is 26.0 Å². The molecule has 1 aliphatic heterocycles. The number of carbonyl (C=O) groups excluding carboxylic acids is 2. The van der Waals surface area contributed by atoms with Crippen LogP contribution in [0, 0.1) is 5.92 Å². The molecular weight excluding hydrogens is 282 g/mol. The fourth-order valence-electron chi connectivity index (χ4n) is 2.57. The number of esters is 1. The number of para-hydroxylation sites is 1. The van der Waals surface area contributed by atoms with E-state index >= 15 is 0 Å². The van der Waals surface area contributed by atoms with Gasteiger partial charge < -0.3 is 9.47 Å². The fraction of sp³-hybridized carbons (Fsp3) is 0.529. The summed E-state index contributed by atoms with van der Waals surface area (Å²) in [5.74, 6) is 0.323. The molecule has 0 saturated carbocycles. The van der Waals surface area contributed by atoms with E-state index in [4.69, 9.17) is 9.47 Å². The topological polar surface area (TPSA) is 55.8 Å². The van der Waals surface area contributed by atoms with Crippen molar-refractivity contribution in [1.29, 1.82) is 0 Å². The first-order valence-corrected chi connectivity index (χ1v) is 7.54. The van der Waals surface area contributed by atoms with E-state index in [0.717, 1.165) is 5.56 Å². The Labute approximate surface area is 131 Å². The van der Waals surface area contributed by atoms with Gasteiger partial charge in [-0.15, -0.1) is 0 Å². The van der Waals surface area contributed by atoms with Crippen molar-refractivity contribution < 1.29 is 19.1 Å². The molecule has 1 heterocycles. The molecule has 0 unspecified atom stereocenters. The minimum absolute atomic E-state index is 0.0148. The second-order valence-electron chi connectivity index (χ2n) is 6.13. The zero-order chi connectivity index (χ0) is 16.4. The molecule has 1 aromatic carbocycles. The Kier molecular flexibility index (Phi) is 4.74. The van der Waals surface area contributed by atoms with Crippen LogP contribution in [-0.4, -0.2) is 31.6 Å². The van der Waals surface area contributed by atoms with Crippen LogP contribution in [0.1, 0.15) is 39.2 Å². The summed E-state index contributed by atoms with van der Waals surface area (Å²) >= 11 is 0. The number of ether oxygens (including phenoxy) is 2. The Morgan fingerprint density at radius 1 is 1.32 bits per heavy atom. The minimum atomic E-state index is -0.586. The smallest absolute Gasteiger partial charge is 0.325 e. The number of carbonyl (C=O) groups is 2. The number of benzene rings is 1. The van der Waals surface area contributed by atoms with Crippen LogP contribution in [0.25, 0.3) is 0 Å². The first-order valence-electron chi connectivity index (χ1n) is 7.54. The zero-order valence-electron chi connectivity index (χ0n) is 13.8. The Hall–Kier alpha value is -2.04. The lowest BCUT2D eigenvalue weighted by Crippen LogP contribution is -2.50. The van der Waals surface area contributed by atoms with Gasteiger partial charge in [-0.2, -0.15) is 0 Å². The first kappa shape index (κ1) is 16.3. The van der Waals surface area contributed by atoms with Crippen LogP contribution in [0.15, 0.2) is 18.2 Å². The lowest BCUT2D eigenvalue weighted by Gasteiger charge is -2.36. The maximum atomic E-state index is 12.7. The van der Waals surface area contributed by atoms with Gasteiger partial charge in [0.25, 0.3) is 5.91 Å². The van der Waals surface area contributed by atoms with Crippen molar-refractivity contribution >= 4 is 17.6 Å². The van der Waals surface area contributed by atoms with Crippen LogP contribution in [0.2, 0.25) is 0 Å². The third-order valence-corrected chi connectivity index (χ3v) is 3.81. The molecule has 0 fully saturated rings. The number of hydrogen-bond acceptors (Lipinski definition) is 4. The molecule has 0 radical (unpaired) electrons. The van der Waals surface area contributed by atoms with Crippen LogP contribution in [-0.2, 0) is 14.3 Å². The van der Waals surface area contributed by atoms with Gasteiger partial charge in [0.2, 0.25) is 0 Å². The molecule has 5 nitrogen and oxygen atoms in total. The summed E-state index contributed by atoms with van der Waals surface area (Å²) in [4.78, 5) is 25.8. The number of anilines is 1. The number of fused-ring (bicyclic) bond motifs is 1. The maximum absolute atomic E-state index is 12.7. The summed E-state index contributed by atoms with van der Waals surface area (Å²) in [6.45, 7) is 7.91. The predicted molar refractivity (Wildman–Crippen MR) is 84.2 cm³/mol. The van der Waals surface area contributed by atoms with Gasteiger partial charge in [0.15, 0.2) is 6.10 Å². The van der Waals surface area contributed by atoms with Gasteiger partial charge in [-0.3, -0.25) is 14.5 Å². The standard InChI is InChI=1S/C17H23NO4/c1-10(2)12-7-6-8-13-16(12)22-15(11(3)4)17(20)18(13)9-14(19)21-5/h6-8,10-11,15H,9H2,1-5H3/t15-/m0/s1. The van der Waals surface area contributed by atoms with E-state index < -0.39 is 12.1 Å². The SMILES string of the molecule is COC(=O)CN1C(=O)[C@H](C(C)C)Oc2c(C(C)C)cccc21. The van der Waals surface area contributed by atoms with Crippen molar-refractivity contribution in [2.24, 2.45) is 5.92 Å². The average Bonchev–Trinajstić information content (AvgIpc) is 2.48. The second kappa shape index (κ2) is 6.38.